The summed E-state index contributed by atoms with van der Waals surface area (Å²) in [7, 11) is 0. The van der Waals surface area contributed by atoms with Crippen LogP contribution in [-0.4, -0.2) is 28.8 Å². The third-order valence-electron chi connectivity index (χ3n) is 3.88. The maximum Gasteiger partial charge on any atom is 0.407 e. The molecule has 0 aromatic heterocycles. The number of rotatable bonds is 2. The molecule has 0 saturated heterocycles. The van der Waals surface area contributed by atoms with Crippen molar-refractivity contribution >= 4 is 12.1 Å². The summed E-state index contributed by atoms with van der Waals surface area (Å²) in [5, 5.41) is 11.9. The summed E-state index contributed by atoms with van der Waals surface area (Å²) in [5.74, 6) is -0.402. The summed E-state index contributed by atoms with van der Waals surface area (Å²) < 4.78 is 5.22. The van der Waals surface area contributed by atoms with Gasteiger partial charge in [0.25, 0.3) is 0 Å². The molecule has 0 spiro atoms. The lowest BCUT2D eigenvalue weighted by molar-refractivity contribution is -0.143. The van der Waals surface area contributed by atoms with Gasteiger partial charge in [0.2, 0.25) is 0 Å². The second-order valence-corrected chi connectivity index (χ2v) is 6.42. The van der Waals surface area contributed by atoms with Gasteiger partial charge in [0, 0.05) is 6.04 Å². The molecule has 2 N–H and O–H groups in total. The predicted octanol–water partition coefficient (Wildman–Crippen LogP) is 2.01. The number of aliphatic carboxylic acids is 1. The van der Waals surface area contributed by atoms with Gasteiger partial charge in [0.1, 0.15) is 5.60 Å². The van der Waals surface area contributed by atoms with Crippen molar-refractivity contribution in [1.29, 1.82) is 0 Å². The van der Waals surface area contributed by atoms with E-state index < -0.39 is 17.7 Å². The monoisotopic (exact) mass is 255 g/mol. The number of hydrogen-bond acceptors (Lipinski definition) is 3. The van der Waals surface area contributed by atoms with E-state index in [4.69, 9.17) is 9.84 Å². The molecule has 0 unspecified atom stereocenters. The van der Waals surface area contributed by atoms with Crippen molar-refractivity contribution in [3.8, 4) is 0 Å². The largest absolute Gasteiger partial charge is 0.481 e. The first-order valence-electron chi connectivity index (χ1n) is 6.48. The Hall–Kier alpha value is -1.26. The van der Waals surface area contributed by atoms with Crippen LogP contribution in [-0.2, 0) is 9.53 Å². The van der Waals surface area contributed by atoms with Crippen molar-refractivity contribution in [1.82, 2.24) is 5.32 Å². The topological polar surface area (TPSA) is 75.6 Å². The molecular weight excluding hydrogens is 234 g/mol. The highest BCUT2D eigenvalue weighted by atomic mass is 16.6. The summed E-state index contributed by atoms with van der Waals surface area (Å²) in [6.45, 7) is 5.48. The molecule has 4 atom stereocenters. The van der Waals surface area contributed by atoms with Crippen molar-refractivity contribution < 1.29 is 19.4 Å². The quantitative estimate of drug-likeness (QED) is 0.791. The minimum absolute atomic E-state index is 0.0837. The van der Waals surface area contributed by atoms with E-state index in [2.05, 4.69) is 5.32 Å². The fourth-order valence-electron chi connectivity index (χ4n) is 3.21. The number of carbonyl (C=O) groups excluding carboxylic acids is 1. The average Bonchev–Trinajstić information content (AvgIpc) is 2.72. The highest BCUT2D eigenvalue weighted by Crippen LogP contribution is 2.48. The van der Waals surface area contributed by atoms with Gasteiger partial charge in [0.15, 0.2) is 0 Å². The highest BCUT2D eigenvalue weighted by Gasteiger charge is 2.49. The molecule has 1 amide bonds. The van der Waals surface area contributed by atoms with Gasteiger partial charge in [-0.2, -0.15) is 0 Å². The Labute approximate surface area is 107 Å². The molecule has 5 nitrogen and oxygen atoms in total. The maximum atomic E-state index is 11.7. The number of ether oxygens (including phenoxy) is 1. The van der Waals surface area contributed by atoms with Gasteiger partial charge in [-0.05, 0) is 51.9 Å². The van der Waals surface area contributed by atoms with Crippen LogP contribution in [0.25, 0.3) is 0 Å². The second-order valence-electron chi connectivity index (χ2n) is 6.42. The fourth-order valence-corrected chi connectivity index (χ4v) is 3.21. The molecule has 2 rings (SSSR count). The minimum atomic E-state index is -0.696. The third kappa shape index (κ3) is 2.76. The van der Waals surface area contributed by atoms with Gasteiger partial charge in [0.05, 0.1) is 5.92 Å². The molecule has 0 radical (unpaired) electrons. The van der Waals surface area contributed by atoms with Crippen molar-refractivity contribution in [3.63, 3.8) is 0 Å². The maximum absolute atomic E-state index is 11.7. The lowest BCUT2D eigenvalue weighted by Crippen LogP contribution is -2.43. The Balaban J connectivity index is 1.85. The molecule has 5 heteroatoms. The molecule has 2 saturated carbocycles. The van der Waals surface area contributed by atoms with Gasteiger partial charge in [-0.1, -0.05) is 0 Å². The smallest absolute Gasteiger partial charge is 0.407 e. The number of amides is 1. The summed E-state index contributed by atoms with van der Waals surface area (Å²) >= 11 is 0. The van der Waals surface area contributed by atoms with Crippen molar-refractivity contribution in [2.24, 2.45) is 17.8 Å². The van der Waals surface area contributed by atoms with Crippen LogP contribution >= 0.6 is 0 Å². The molecule has 2 fully saturated rings. The van der Waals surface area contributed by atoms with Crippen LogP contribution in [0.15, 0.2) is 0 Å². The fraction of sp³-hybridized carbons (Fsp3) is 0.846. The van der Waals surface area contributed by atoms with Crippen molar-refractivity contribution in [2.45, 2.75) is 51.7 Å². The lowest BCUT2D eigenvalue weighted by atomic mass is 9.86. The first-order valence-corrected chi connectivity index (χ1v) is 6.48. The van der Waals surface area contributed by atoms with Gasteiger partial charge in [-0.3, -0.25) is 4.79 Å². The third-order valence-corrected chi connectivity index (χ3v) is 3.88. The highest BCUT2D eigenvalue weighted by molar-refractivity contribution is 5.71. The number of fused-ring (bicyclic) bond motifs is 2. The van der Waals surface area contributed by atoms with Crippen molar-refractivity contribution in [3.05, 3.63) is 0 Å². The normalized spacial score (nSPS) is 34.4. The van der Waals surface area contributed by atoms with E-state index in [0.29, 0.717) is 12.3 Å². The standard InChI is InChI=1S/C13H21NO4/c1-13(2,3)18-12(17)14-10-6-7-4-8(10)5-9(7)11(15)16/h7-10H,4-6H2,1-3H3,(H,14,17)(H,15,16)/t7-,8-,9-,10-/m1/s1. The van der Waals surface area contributed by atoms with E-state index in [1.54, 1.807) is 0 Å². The number of carbonyl (C=O) groups is 2. The van der Waals surface area contributed by atoms with Gasteiger partial charge < -0.3 is 15.2 Å². The van der Waals surface area contributed by atoms with E-state index in [1.807, 2.05) is 20.8 Å². The predicted molar refractivity (Wildman–Crippen MR) is 65.1 cm³/mol. The molecule has 0 heterocycles. The Bertz CT molecular complexity index is 360. The molecule has 2 bridgehead atoms. The Morgan fingerprint density at radius 1 is 1.17 bits per heavy atom. The van der Waals surface area contributed by atoms with Crippen molar-refractivity contribution in [2.75, 3.05) is 0 Å². The van der Waals surface area contributed by atoms with Crippen LogP contribution in [0.3, 0.4) is 0 Å². The van der Waals surface area contributed by atoms with Crippen LogP contribution in [0.1, 0.15) is 40.0 Å². The van der Waals surface area contributed by atoms with E-state index in [-0.39, 0.29) is 17.9 Å². The van der Waals surface area contributed by atoms with Gasteiger partial charge in [-0.25, -0.2) is 4.79 Å². The zero-order chi connectivity index (χ0) is 13.5. The second kappa shape index (κ2) is 4.44. The van der Waals surface area contributed by atoms with Crippen LogP contribution < -0.4 is 5.32 Å². The number of hydrogen-bond donors (Lipinski definition) is 2. The number of alkyl carbamates (subject to hydrolysis) is 1. The summed E-state index contributed by atoms with van der Waals surface area (Å²) in [5.41, 5.74) is -0.495. The SMILES string of the molecule is CC(C)(C)OC(=O)N[C@@H]1C[C@H]2C[C@@H]1C[C@H]2C(=O)O. The molecule has 0 aliphatic heterocycles. The van der Waals surface area contributed by atoms with E-state index in [0.717, 1.165) is 12.8 Å². The number of carboxylic acids is 1. The molecule has 102 valence electrons. The van der Waals surface area contributed by atoms with E-state index in [1.165, 1.54) is 0 Å². The summed E-state index contributed by atoms with van der Waals surface area (Å²) in [6.07, 6.45) is 1.96. The molecule has 0 aromatic carbocycles. The molecule has 2 aliphatic rings. The average molecular weight is 255 g/mol. The van der Waals surface area contributed by atoms with Gasteiger partial charge in [-0.15, -0.1) is 0 Å². The zero-order valence-electron chi connectivity index (χ0n) is 11.1. The first-order chi connectivity index (χ1) is 8.26. The van der Waals surface area contributed by atoms with Gasteiger partial charge >= 0.3 is 12.1 Å². The molecule has 0 aromatic rings. The van der Waals surface area contributed by atoms with E-state index >= 15 is 0 Å². The Morgan fingerprint density at radius 3 is 2.28 bits per heavy atom. The number of nitrogens with one attached hydrogen (secondary N) is 1. The molecule has 2 aliphatic carbocycles. The van der Waals surface area contributed by atoms with Crippen LogP contribution in [0.2, 0.25) is 0 Å². The minimum Gasteiger partial charge on any atom is -0.481 e. The van der Waals surface area contributed by atoms with E-state index in [9.17, 15) is 9.59 Å². The Kier molecular flexibility index (Phi) is 3.25. The summed E-state index contributed by atoms with van der Waals surface area (Å²) in [4.78, 5) is 22.7. The number of carboxylic acid groups (broad SMARTS) is 1. The zero-order valence-corrected chi connectivity index (χ0v) is 11.1. The van der Waals surface area contributed by atoms with Crippen LogP contribution in [0.4, 0.5) is 4.79 Å². The first kappa shape index (κ1) is 13.2. The molecule has 18 heavy (non-hydrogen) atoms. The van der Waals surface area contributed by atoms with Crippen LogP contribution in [0.5, 0.6) is 0 Å². The van der Waals surface area contributed by atoms with Crippen LogP contribution in [0, 0.1) is 17.8 Å². The lowest BCUT2D eigenvalue weighted by Gasteiger charge is -2.28. The Morgan fingerprint density at radius 2 is 1.83 bits per heavy atom. The summed E-state index contributed by atoms with van der Waals surface area (Å²) in [6, 6.07) is 0.0837. The molecular formula is C13H21NO4.